The van der Waals surface area contributed by atoms with Gasteiger partial charge >= 0.3 is 5.97 Å². The molecule has 0 saturated carbocycles. The van der Waals surface area contributed by atoms with E-state index >= 15 is 0 Å². The van der Waals surface area contributed by atoms with E-state index in [1.165, 1.54) is 0 Å². The van der Waals surface area contributed by atoms with E-state index < -0.39 is 0 Å². The number of rotatable bonds is 3. The van der Waals surface area contributed by atoms with Crippen LogP contribution in [0.2, 0.25) is 0 Å². The summed E-state index contributed by atoms with van der Waals surface area (Å²) in [5, 5.41) is 3.27. The molecule has 24 heavy (non-hydrogen) atoms. The second-order valence-electron chi connectivity index (χ2n) is 6.33. The molecule has 1 aromatic carbocycles. The Morgan fingerprint density at radius 3 is 3.00 bits per heavy atom. The first kappa shape index (κ1) is 17.3. The minimum atomic E-state index is -0.286. The highest BCUT2D eigenvalue weighted by atomic mass is 127. The maximum atomic E-state index is 12.6. The van der Waals surface area contributed by atoms with Gasteiger partial charge in [0, 0.05) is 33.6 Å². The maximum Gasteiger partial charge on any atom is 0.340 e. The summed E-state index contributed by atoms with van der Waals surface area (Å²) in [6.45, 7) is 5.35. The fraction of sp³-hybridized carbons (Fsp3) is 0.389. The van der Waals surface area contributed by atoms with E-state index in [1.54, 1.807) is 0 Å². The Bertz CT molecular complexity index is 768. The fourth-order valence-electron chi connectivity index (χ4n) is 2.77. The van der Waals surface area contributed by atoms with E-state index in [9.17, 15) is 4.79 Å². The van der Waals surface area contributed by atoms with Crippen molar-refractivity contribution in [2.24, 2.45) is 13.0 Å². The van der Waals surface area contributed by atoms with Crippen molar-refractivity contribution >= 4 is 34.2 Å². The average Bonchev–Trinajstić information content (AvgIpc) is 2.84. The van der Waals surface area contributed by atoms with Gasteiger partial charge in [-0.25, -0.2) is 4.79 Å². The van der Waals surface area contributed by atoms with Gasteiger partial charge in [-0.05, 0) is 46.7 Å². The van der Waals surface area contributed by atoms with Crippen LogP contribution < -0.4 is 5.32 Å². The van der Waals surface area contributed by atoms with Crippen molar-refractivity contribution in [1.29, 1.82) is 0 Å². The van der Waals surface area contributed by atoms with Crippen LogP contribution >= 0.6 is 22.6 Å². The Morgan fingerprint density at radius 2 is 2.25 bits per heavy atom. The Hall–Kier alpha value is -1.54. The number of anilines is 1. The summed E-state index contributed by atoms with van der Waals surface area (Å²) in [5.74, 6) is 0.0173. The molecule has 2 aromatic rings. The van der Waals surface area contributed by atoms with E-state index in [2.05, 4.69) is 34.0 Å². The first-order valence-electron chi connectivity index (χ1n) is 7.94. The molecule has 128 valence electrons. The lowest BCUT2D eigenvalue weighted by molar-refractivity contribution is 0.0460. The highest BCUT2D eigenvalue weighted by Gasteiger charge is 2.25. The number of carbonyl (C=O) groups is 1. The van der Waals surface area contributed by atoms with Gasteiger partial charge in [-0.1, -0.05) is 13.8 Å². The summed E-state index contributed by atoms with van der Waals surface area (Å²) in [6.07, 6.45) is 1.84. The highest BCUT2D eigenvalue weighted by Crippen LogP contribution is 2.37. The summed E-state index contributed by atoms with van der Waals surface area (Å²) in [5.41, 5.74) is 4.43. The first-order valence-corrected chi connectivity index (χ1v) is 9.02. The maximum absolute atomic E-state index is 12.6. The average molecular weight is 440 g/mol. The lowest BCUT2D eigenvalue weighted by Gasteiger charge is -2.19. The molecule has 0 unspecified atom stereocenters. The van der Waals surface area contributed by atoms with Crippen LogP contribution in [-0.2, 0) is 23.1 Å². The third-order valence-corrected chi connectivity index (χ3v) is 4.60. The van der Waals surface area contributed by atoms with Gasteiger partial charge in [0.25, 0.3) is 0 Å². The normalized spacial score (nSPS) is 13.5. The number of aryl methyl sites for hydroxylation is 1. The standard InChI is InChI=1S/C18H21IN2O3/c1-11(2)8-24-18(22)14-7-21(3)16-9-23-10-20-15-5-4-12(19)6-13(15)17(14)16/h4-7,11,20H,8-10H2,1-3H3. The largest absolute Gasteiger partial charge is 0.462 e. The van der Waals surface area contributed by atoms with Crippen molar-refractivity contribution < 1.29 is 14.3 Å². The number of benzene rings is 1. The van der Waals surface area contributed by atoms with Crippen LogP contribution in [0.5, 0.6) is 0 Å². The molecule has 3 rings (SSSR count). The van der Waals surface area contributed by atoms with Gasteiger partial charge in [0.2, 0.25) is 0 Å². The van der Waals surface area contributed by atoms with Crippen LogP contribution in [-0.4, -0.2) is 23.9 Å². The minimum Gasteiger partial charge on any atom is -0.462 e. The zero-order valence-corrected chi connectivity index (χ0v) is 16.2. The molecule has 2 heterocycles. The summed E-state index contributed by atoms with van der Waals surface area (Å²) in [7, 11) is 1.93. The molecule has 0 spiro atoms. The van der Waals surface area contributed by atoms with Gasteiger partial charge in [-0.3, -0.25) is 0 Å². The third-order valence-electron chi connectivity index (χ3n) is 3.93. The number of esters is 1. The van der Waals surface area contributed by atoms with Gasteiger partial charge in [0.1, 0.15) is 6.73 Å². The van der Waals surface area contributed by atoms with Crippen LogP contribution in [0.1, 0.15) is 29.9 Å². The van der Waals surface area contributed by atoms with Crippen molar-refractivity contribution in [1.82, 2.24) is 4.57 Å². The molecule has 0 saturated heterocycles. The van der Waals surface area contributed by atoms with Gasteiger partial charge in [-0.15, -0.1) is 0 Å². The smallest absolute Gasteiger partial charge is 0.340 e. The predicted octanol–water partition coefficient (Wildman–Crippen LogP) is 4.01. The van der Waals surface area contributed by atoms with Crippen LogP contribution in [0.3, 0.4) is 0 Å². The van der Waals surface area contributed by atoms with Gasteiger partial charge < -0.3 is 19.4 Å². The Morgan fingerprint density at radius 1 is 1.46 bits per heavy atom. The fourth-order valence-corrected chi connectivity index (χ4v) is 3.26. The second-order valence-corrected chi connectivity index (χ2v) is 7.57. The molecule has 0 amide bonds. The van der Waals surface area contributed by atoms with E-state index in [0.717, 1.165) is 26.1 Å². The van der Waals surface area contributed by atoms with Crippen LogP contribution in [0.25, 0.3) is 11.1 Å². The van der Waals surface area contributed by atoms with E-state index in [-0.39, 0.29) is 5.97 Å². The molecule has 0 bridgehead atoms. The number of ether oxygens (including phenoxy) is 2. The van der Waals surface area contributed by atoms with Crippen molar-refractivity contribution in [2.75, 3.05) is 18.7 Å². The Kier molecular flexibility index (Phi) is 5.15. The molecule has 5 nitrogen and oxygen atoms in total. The van der Waals surface area contributed by atoms with Crippen LogP contribution in [0.15, 0.2) is 24.4 Å². The van der Waals surface area contributed by atoms with Crippen molar-refractivity contribution in [3.63, 3.8) is 0 Å². The molecule has 1 aromatic heterocycles. The Labute approximate surface area is 155 Å². The van der Waals surface area contributed by atoms with Gasteiger partial charge in [0.05, 0.1) is 24.5 Å². The number of carbonyl (C=O) groups excluding carboxylic acids is 1. The number of fused-ring (bicyclic) bond motifs is 3. The molecule has 0 atom stereocenters. The van der Waals surface area contributed by atoms with E-state index in [4.69, 9.17) is 9.47 Å². The predicted molar refractivity (Wildman–Crippen MR) is 102 cm³/mol. The van der Waals surface area contributed by atoms with Gasteiger partial charge in [-0.2, -0.15) is 0 Å². The molecular weight excluding hydrogens is 419 g/mol. The highest BCUT2D eigenvalue weighted by molar-refractivity contribution is 14.1. The molecule has 0 aliphatic carbocycles. The SMILES string of the molecule is CC(C)COC(=O)c1cn(C)c2c1-c1cc(I)ccc1NCOC2. The van der Waals surface area contributed by atoms with Crippen LogP contribution in [0.4, 0.5) is 5.69 Å². The van der Waals surface area contributed by atoms with E-state index in [0.29, 0.717) is 31.4 Å². The number of nitrogens with zero attached hydrogens (tertiary/aromatic N) is 1. The summed E-state index contributed by atoms with van der Waals surface area (Å²) >= 11 is 2.29. The summed E-state index contributed by atoms with van der Waals surface area (Å²) < 4.78 is 14.2. The summed E-state index contributed by atoms with van der Waals surface area (Å²) in [6, 6.07) is 6.14. The number of nitrogens with one attached hydrogen (secondary N) is 1. The monoisotopic (exact) mass is 440 g/mol. The molecule has 1 aliphatic rings. The number of hydrogen-bond acceptors (Lipinski definition) is 4. The van der Waals surface area contributed by atoms with Crippen molar-refractivity contribution in [3.8, 4) is 11.1 Å². The minimum absolute atomic E-state index is 0.286. The van der Waals surface area contributed by atoms with Gasteiger partial charge in [0.15, 0.2) is 0 Å². The molecule has 1 aliphatic heterocycles. The van der Waals surface area contributed by atoms with Crippen LogP contribution in [0, 0.1) is 9.49 Å². The molecule has 6 heteroatoms. The number of halogens is 1. The second kappa shape index (κ2) is 7.14. The third kappa shape index (κ3) is 3.44. The number of aromatic nitrogens is 1. The van der Waals surface area contributed by atoms with E-state index in [1.807, 2.05) is 43.8 Å². The van der Waals surface area contributed by atoms with Crippen molar-refractivity contribution in [3.05, 3.63) is 39.2 Å². The Balaban J connectivity index is 2.12. The zero-order chi connectivity index (χ0) is 17.3. The molecule has 1 N–H and O–H groups in total. The summed E-state index contributed by atoms with van der Waals surface area (Å²) in [4.78, 5) is 12.6. The molecule has 0 radical (unpaired) electrons. The quantitative estimate of drug-likeness (QED) is 0.579. The molecular formula is C18H21IN2O3. The number of hydrogen-bond donors (Lipinski definition) is 1. The zero-order valence-electron chi connectivity index (χ0n) is 14.1. The first-order chi connectivity index (χ1) is 11.5. The van der Waals surface area contributed by atoms with Crippen molar-refractivity contribution in [2.45, 2.75) is 20.5 Å². The molecule has 0 fully saturated rings. The lowest BCUT2D eigenvalue weighted by atomic mass is 9.99. The lowest BCUT2D eigenvalue weighted by Crippen LogP contribution is -2.14. The topological polar surface area (TPSA) is 52.5 Å².